The minimum Gasteiger partial charge on any atom is -0.333 e. The van der Waals surface area contributed by atoms with Crippen molar-refractivity contribution in [2.75, 3.05) is 4.90 Å². The van der Waals surface area contributed by atoms with Crippen LogP contribution in [0.5, 0.6) is 0 Å². The van der Waals surface area contributed by atoms with Gasteiger partial charge in [-0.2, -0.15) is 13.2 Å². The molecule has 2 unspecified atom stereocenters. The number of alkyl halides is 3. The van der Waals surface area contributed by atoms with Crippen molar-refractivity contribution < 1.29 is 35.1 Å². The van der Waals surface area contributed by atoms with E-state index in [9.17, 15) is 4.39 Å². The summed E-state index contributed by atoms with van der Waals surface area (Å²) in [6.45, 7) is 18.1. The van der Waals surface area contributed by atoms with Crippen molar-refractivity contribution >= 4 is 16.9 Å². The van der Waals surface area contributed by atoms with Gasteiger partial charge in [-0.05, 0) is 189 Å². The Morgan fingerprint density at radius 3 is 1.36 bits per heavy atom. The van der Waals surface area contributed by atoms with Gasteiger partial charge in [0.2, 0.25) is 5.82 Å². The minimum absolute atomic E-state index is 0.0113. The van der Waals surface area contributed by atoms with E-state index in [0.29, 0.717) is 16.8 Å². The molecule has 1 aliphatic heterocycles. The number of halogens is 8. The molecule has 0 saturated heterocycles. The number of nitrogens with zero attached hydrogens (tertiary/aromatic N) is 1. The number of rotatable bonds is 10. The third-order valence-corrected chi connectivity index (χ3v) is 15.9. The van der Waals surface area contributed by atoms with Crippen LogP contribution in [0.15, 0.2) is 158 Å². The highest BCUT2D eigenvalue weighted by Crippen LogP contribution is 2.55. The molecule has 1 aliphatic carbocycles. The number of fused-ring (bicyclic) bond motifs is 3. The van der Waals surface area contributed by atoms with Gasteiger partial charge in [0.15, 0.2) is 23.3 Å². The van der Waals surface area contributed by atoms with Crippen LogP contribution in [-0.4, -0.2) is 6.04 Å². The van der Waals surface area contributed by atoms with Gasteiger partial charge in [0.1, 0.15) is 0 Å². The summed E-state index contributed by atoms with van der Waals surface area (Å²) in [6.07, 6.45) is 0.318. The van der Waals surface area contributed by atoms with Crippen molar-refractivity contribution in [1.29, 1.82) is 0 Å². The first-order valence-corrected chi connectivity index (χ1v) is 27.2. The summed E-state index contributed by atoms with van der Waals surface area (Å²) in [4.78, 5) is 1.53. The van der Waals surface area contributed by atoms with Crippen LogP contribution in [0, 0.1) is 91.4 Å². The third kappa shape index (κ3) is 10.4. The van der Waals surface area contributed by atoms with Gasteiger partial charge in [0, 0.05) is 11.6 Å². The molecule has 1 nitrogen and oxygen atoms in total. The monoisotopic (exact) mass is 1090 g/mol. The molecular formula is C72H59F8N. The van der Waals surface area contributed by atoms with Gasteiger partial charge in [0.05, 0.1) is 22.9 Å². The number of hydrogen-bond donors (Lipinski definition) is 0. The first kappa shape index (κ1) is 54.6. The van der Waals surface area contributed by atoms with Crippen LogP contribution in [0.1, 0.15) is 83.8 Å². The first-order valence-electron chi connectivity index (χ1n) is 27.2. The predicted octanol–water partition coefficient (Wildman–Crippen LogP) is 20.6. The fourth-order valence-corrected chi connectivity index (χ4v) is 12.6. The van der Waals surface area contributed by atoms with E-state index in [2.05, 4.69) is 78.9 Å². The number of anilines is 2. The molecule has 0 radical (unpaired) electrons. The van der Waals surface area contributed by atoms with Crippen LogP contribution in [0.3, 0.4) is 0 Å². The van der Waals surface area contributed by atoms with Crippen LogP contribution in [0.25, 0.3) is 61.2 Å². The van der Waals surface area contributed by atoms with Crippen molar-refractivity contribution in [3.63, 3.8) is 0 Å². The summed E-state index contributed by atoms with van der Waals surface area (Å²) in [5.41, 5.74) is 16.2. The molecule has 0 N–H and O–H groups in total. The molecule has 11 rings (SSSR count). The van der Waals surface area contributed by atoms with Gasteiger partial charge in [0.25, 0.3) is 0 Å². The van der Waals surface area contributed by atoms with E-state index in [4.69, 9.17) is 0 Å². The second-order valence-electron chi connectivity index (χ2n) is 22.5. The summed E-state index contributed by atoms with van der Waals surface area (Å²) >= 11 is 0. The second kappa shape index (κ2) is 21.0. The zero-order chi connectivity index (χ0) is 57.5. The highest BCUT2D eigenvalue weighted by Gasteiger charge is 2.45. The average Bonchev–Trinajstić information content (AvgIpc) is 3.80. The summed E-state index contributed by atoms with van der Waals surface area (Å²) < 4.78 is 128. The summed E-state index contributed by atoms with van der Waals surface area (Å²) in [5, 5.41) is 0. The summed E-state index contributed by atoms with van der Waals surface area (Å²) in [7, 11) is 0. The maximum atomic E-state index is 16.7. The summed E-state index contributed by atoms with van der Waals surface area (Å²) in [5.74, 6) is -11.6. The maximum absolute atomic E-state index is 16.7. The Hall–Kier alpha value is -8.30. The Morgan fingerprint density at radius 1 is 0.395 bits per heavy atom. The Labute approximate surface area is 468 Å². The van der Waals surface area contributed by atoms with E-state index in [1.165, 1.54) is 4.90 Å². The Morgan fingerprint density at radius 2 is 0.840 bits per heavy atom. The molecule has 0 amide bonds. The molecule has 9 heteroatoms. The lowest BCUT2D eigenvalue weighted by atomic mass is 9.84. The fraction of sp³-hybridized carbons (Fsp3) is 0.194. The van der Waals surface area contributed by atoms with E-state index in [1.807, 2.05) is 123 Å². The van der Waals surface area contributed by atoms with E-state index in [0.717, 1.165) is 118 Å². The van der Waals surface area contributed by atoms with E-state index in [-0.39, 0.29) is 18.4 Å². The fourth-order valence-electron chi connectivity index (χ4n) is 12.6. The van der Waals surface area contributed by atoms with Crippen molar-refractivity contribution in [2.45, 2.75) is 93.3 Å². The minimum atomic E-state index is -5.10. The normalized spacial score (nSPS) is 14.8. The quantitative estimate of drug-likeness (QED) is 0.0749. The predicted molar refractivity (Wildman–Crippen MR) is 314 cm³/mol. The standard InChI is InChI=1S/C72H59F8N/c1-38-20-39(2)25-53(24-38)48-11-10-46(9)58(33-48)59-34-49(54-26-40(3)21-41(4)27-54)14-12-47(59)13-15-52-32-57(65-67(73)69(75)71(77)70(76)68(65)74)37-64(66(52)72(78,79)80)81-62-18-16-50(55-28-42(5)22-43(6)29-55)35-60(62)61-36-51(17-19-63(61)81)56-30-44(7)23-45(8)31-56/h10-12,14,16-37,60,62H,13,15H2,1-9H3. The molecule has 1 heterocycles. The Kier molecular flexibility index (Phi) is 14.2. The van der Waals surface area contributed by atoms with Crippen molar-refractivity contribution in [1.82, 2.24) is 0 Å². The molecule has 0 saturated carbocycles. The first-order chi connectivity index (χ1) is 38.5. The zero-order valence-electron chi connectivity index (χ0n) is 46.6. The largest absolute Gasteiger partial charge is 0.418 e. The lowest BCUT2D eigenvalue weighted by Gasteiger charge is -2.33. The highest BCUT2D eigenvalue weighted by molar-refractivity contribution is 5.88. The van der Waals surface area contributed by atoms with Crippen LogP contribution in [0.2, 0.25) is 0 Å². The van der Waals surface area contributed by atoms with E-state index < -0.39 is 69.6 Å². The number of aryl methyl sites for hydroxylation is 11. The molecule has 0 aromatic heterocycles. The van der Waals surface area contributed by atoms with Crippen LogP contribution >= 0.6 is 0 Å². The molecular weight excluding hydrogens is 1030 g/mol. The molecule has 0 spiro atoms. The van der Waals surface area contributed by atoms with E-state index in [1.54, 1.807) is 6.07 Å². The lowest BCUT2D eigenvalue weighted by Crippen LogP contribution is -2.31. The van der Waals surface area contributed by atoms with E-state index >= 15 is 30.7 Å². The zero-order valence-corrected chi connectivity index (χ0v) is 46.6. The SMILES string of the molecule is Cc1cc(C)cc(C2=CC3c4cc(-c5cc(C)cc(C)c5)ccc4N(c4cc(-c5c(F)c(F)c(F)c(F)c5F)cc(CCc5ccc(-c6cc(C)cc(C)c6)cc5-c5cc(-c6cc(C)cc(C)c6)ccc5C)c4C(F)(F)F)C3C=C2)c1. The molecule has 0 fully saturated rings. The maximum Gasteiger partial charge on any atom is 0.418 e. The molecule has 81 heavy (non-hydrogen) atoms. The Bertz CT molecular complexity index is 4010. The molecule has 408 valence electrons. The smallest absolute Gasteiger partial charge is 0.333 e. The Balaban J connectivity index is 1.13. The van der Waals surface area contributed by atoms with Gasteiger partial charge in [-0.25, -0.2) is 22.0 Å². The molecule has 9 aromatic rings. The van der Waals surface area contributed by atoms with Crippen LogP contribution in [-0.2, 0) is 19.0 Å². The van der Waals surface area contributed by atoms with Crippen molar-refractivity contribution in [3.05, 3.63) is 265 Å². The topological polar surface area (TPSA) is 3.24 Å². The lowest BCUT2D eigenvalue weighted by molar-refractivity contribution is -0.137. The molecule has 2 aliphatic rings. The summed E-state index contributed by atoms with van der Waals surface area (Å²) in [6, 6.07) is 43.6. The molecule has 9 aromatic carbocycles. The number of benzene rings is 9. The van der Waals surface area contributed by atoms with Crippen LogP contribution in [0.4, 0.5) is 46.5 Å². The van der Waals surface area contributed by atoms with Gasteiger partial charge < -0.3 is 4.90 Å². The van der Waals surface area contributed by atoms with Gasteiger partial charge in [-0.1, -0.05) is 172 Å². The third-order valence-electron chi connectivity index (χ3n) is 15.9. The average molecular weight is 1090 g/mol. The van der Waals surface area contributed by atoms with Crippen molar-refractivity contribution in [2.24, 2.45) is 0 Å². The van der Waals surface area contributed by atoms with Crippen LogP contribution < -0.4 is 4.90 Å². The number of hydrogen-bond acceptors (Lipinski definition) is 1. The molecule has 2 atom stereocenters. The second-order valence-corrected chi connectivity index (χ2v) is 22.5. The van der Waals surface area contributed by atoms with Gasteiger partial charge in [-0.15, -0.1) is 0 Å². The molecule has 0 bridgehead atoms. The highest BCUT2D eigenvalue weighted by atomic mass is 19.4. The van der Waals surface area contributed by atoms with Crippen molar-refractivity contribution in [3.8, 4) is 55.6 Å². The number of allylic oxidation sites excluding steroid dienone is 2. The van der Waals surface area contributed by atoms with Gasteiger partial charge >= 0.3 is 6.18 Å². The van der Waals surface area contributed by atoms with Gasteiger partial charge in [-0.3, -0.25) is 0 Å².